The molecule has 0 amide bonds. The van der Waals surface area contributed by atoms with Crippen molar-refractivity contribution in [1.82, 2.24) is 10.7 Å². The van der Waals surface area contributed by atoms with E-state index in [0.29, 0.717) is 12.0 Å². The molecule has 0 aromatic rings. The summed E-state index contributed by atoms with van der Waals surface area (Å²) in [4.78, 5) is 10.8. The highest BCUT2D eigenvalue weighted by Gasteiger charge is 2.26. The fraction of sp³-hybridized carbons (Fsp3) is 0.833. The molecular formula is C12H25N3O2. The maximum atomic E-state index is 10.8. The van der Waals surface area contributed by atoms with Crippen LogP contribution < -0.4 is 10.7 Å². The normalized spacial score (nSPS) is 17.8. The summed E-state index contributed by atoms with van der Waals surface area (Å²) < 4.78 is 0. The van der Waals surface area contributed by atoms with Gasteiger partial charge in [-0.15, -0.1) is 0 Å². The molecule has 0 fully saturated rings. The molecule has 5 nitrogen and oxygen atoms in total. The first kappa shape index (κ1) is 15.9. The second-order valence-corrected chi connectivity index (χ2v) is 5.12. The lowest BCUT2D eigenvalue weighted by Gasteiger charge is -2.23. The van der Waals surface area contributed by atoms with Crippen molar-refractivity contribution < 1.29 is 9.90 Å². The van der Waals surface area contributed by atoms with E-state index in [1.54, 1.807) is 20.1 Å². The summed E-state index contributed by atoms with van der Waals surface area (Å²) in [6.07, 6.45) is 1.77. The predicted octanol–water partition coefficient (Wildman–Crippen LogP) is 1.31. The van der Waals surface area contributed by atoms with E-state index in [1.807, 2.05) is 7.05 Å². The van der Waals surface area contributed by atoms with E-state index in [-0.39, 0.29) is 5.92 Å². The average Bonchev–Trinajstić information content (AvgIpc) is 2.26. The zero-order valence-corrected chi connectivity index (χ0v) is 11.6. The van der Waals surface area contributed by atoms with Gasteiger partial charge in [0.1, 0.15) is 5.54 Å². The Labute approximate surface area is 104 Å². The Bertz CT molecular complexity index is 277. The summed E-state index contributed by atoms with van der Waals surface area (Å²) in [5, 5.41) is 16.1. The fourth-order valence-corrected chi connectivity index (χ4v) is 1.22. The van der Waals surface area contributed by atoms with Crippen LogP contribution in [0.15, 0.2) is 5.10 Å². The minimum absolute atomic E-state index is 0.273. The lowest BCUT2D eigenvalue weighted by Crippen LogP contribution is -2.44. The van der Waals surface area contributed by atoms with Crippen molar-refractivity contribution in [2.24, 2.45) is 16.9 Å². The summed E-state index contributed by atoms with van der Waals surface area (Å²) in [5.74, 6) is -0.216. The lowest BCUT2D eigenvalue weighted by molar-refractivity contribution is -0.143. The molecule has 3 N–H and O–H groups in total. The number of rotatable bonds is 7. The summed E-state index contributed by atoms with van der Waals surface area (Å²) in [5.41, 5.74) is 1.62. The molecule has 0 radical (unpaired) electrons. The zero-order chi connectivity index (χ0) is 13.6. The summed E-state index contributed by atoms with van der Waals surface area (Å²) in [7, 11) is 1.93. The third-order valence-corrected chi connectivity index (χ3v) is 3.26. The minimum atomic E-state index is -1.03. The van der Waals surface area contributed by atoms with Crippen LogP contribution in [0.4, 0.5) is 0 Å². The molecule has 0 bridgehead atoms. The molecule has 0 aliphatic rings. The Morgan fingerprint density at radius 3 is 2.29 bits per heavy atom. The largest absolute Gasteiger partial charge is 0.479 e. The van der Waals surface area contributed by atoms with Gasteiger partial charge < -0.3 is 10.4 Å². The second-order valence-electron chi connectivity index (χ2n) is 5.12. The molecule has 100 valence electrons. The number of nitrogens with zero attached hydrogens (tertiary/aromatic N) is 1. The van der Waals surface area contributed by atoms with E-state index >= 15 is 0 Å². The number of hydrogen-bond acceptors (Lipinski definition) is 4. The third kappa shape index (κ3) is 5.17. The highest BCUT2D eigenvalue weighted by atomic mass is 16.4. The molecule has 0 saturated heterocycles. The van der Waals surface area contributed by atoms with Gasteiger partial charge in [-0.25, -0.2) is 4.79 Å². The molecule has 5 heteroatoms. The van der Waals surface area contributed by atoms with E-state index in [2.05, 4.69) is 36.6 Å². The van der Waals surface area contributed by atoms with Gasteiger partial charge in [0.05, 0.1) is 0 Å². The van der Waals surface area contributed by atoms with Crippen LogP contribution in [0.3, 0.4) is 0 Å². The number of carboxylic acid groups (broad SMARTS) is 1. The Morgan fingerprint density at radius 2 is 1.88 bits per heavy atom. The Kier molecular flexibility index (Phi) is 6.16. The second kappa shape index (κ2) is 6.59. The smallest absolute Gasteiger partial charge is 0.330 e. The van der Waals surface area contributed by atoms with Gasteiger partial charge in [-0.05, 0) is 39.7 Å². The maximum Gasteiger partial charge on any atom is 0.330 e. The Morgan fingerprint density at radius 1 is 1.35 bits per heavy atom. The van der Waals surface area contributed by atoms with Gasteiger partial charge in [0.15, 0.2) is 0 Å². The molecule has 0 aromatic heterocycles. The maximum absolute atomic E-state index is 10.8. The Hall–Kier alpha value is -1.10. The first-order valence-corrected chi connectivity index (χ1v) is 5.93. The quantitative estimate of drug-likeness (QED) is 0.465. The van der Waals surface area contributed by atoms with Crippen molar-refractivity contribution >= 4 is 12.2 Å². The number of hydrogen-bond donors (Lipinski definition) is 3. The van der Waals surface area contributed by atoms with E-state index < -0.39 is 11.5 Å². The van der Waals surface area contributed by atoms with Crippen LogP contribution >= 0.6 is 0 Å². The molecule has 0 aliphatic carbocycles. The number of aliphatic carboxylic acids is 1. The van der Waals surface area contributed by atoms with Crippen molar-refractivity contribution in [2.75, 3.05) is 7.05 Å². The molecule has 0 spiro atoms. The van der Waals surface area contributed by atoms with Crippen LogP contribution in [-0.2, 0) is 4.79 Å². The molecule has 0 heterocycles. The molecule has 17 heavy (non-hydrogen) atoms. The highest BCUT2D eigenvalue weighted by molar-refractivity contribution is 5.77. The van der Waals surface area contributed by atoms with Crippen LogP contribution in [0.5, 0.6) is 0 Å². The molecule has 1 unspecified atom stereocenters. The summed E-state index contributed by atoms with van der Waals surface area (Å²) >= 11 is 0. The van der Waals surface area contributed by atoms with Crippen molar-refractivity contribution in [3.63, 3.8) is 0 Å². The van der Waals surface area contributed by atoms with E-state index in [1.165, 1.54) is 0 Å². The molecular weight excluding hydrogens is 218 g/mol. The van der Waals surface area contributed by atoms with Crippen LogP contribution in [0.1, 0.15) is 34.6 Å². The van der Waals surface area contributed by atoms with Crippen molar-refractivity contribution in [2.45, 2.75) is 46.2 Å². The van der Waals surface area contributed by atoms with Gasteiger partial charge in [-0.3, -0.25) is 5.43 Å². The molecule has 3 atom stereocenters. The van der Waals surface area contributed by atoms with Crippen molar-refractivity contribution in [3.05, 3.63) is 0 Å². The van der Waals surface area contributed by atoms with Gasteiger partial charge in [0.2, 0.25) is 0 Å². The average molecular weight is 243 g/mol. The van der Waals surface area contributed by atoms with E-state index in [4.69, 9.17) is 5.11 Å². The standard InChI is InChI=1S/C12H25N3O2/c1-8(9(2)10(3)13-6)7-14-15-12(4,5)11(16)17/h7-10,13,15H,1-6H3,(H,16,17)/b14-7-/t8?,9-,10-/m0/s1. The van der Waals surface area contributed by atoms with Crippen molar-refractivity contribution in [1.29, 1.82) is 0 Å². The van der Waals surface area contributed by atoms with Gasteiger partial charge in [0.25, 0.3) is 0 Å². The summed E-state index contributed by atoms with van der Waals surface area (Å²) in [6.45, 7) is 9.48. The van der Waals surface area contributed by atoms with Crippen LogP contribution in [0.2, 0.25) is 0 Å². The van der Waals surface area contributed by atoms with Gasteiger partial charge in [-0.1, -0.05) is 13.8 Å². The number of hydrazone groups is 1. The lowest BCUT2D eigenvalue weighted by atomic mass is 9.91. The zero-order valence-electron chi connectivity index (χ0n) is 11.6. The highest BCUT2D eigenvalue weighted by Crippen LogP contribution is 2.13. The number of carboxylic acids is 1. The Balaban J connectivity index is 4.30. The van der Waals surface area contributed by atoms with E-state index in [9.17, 15) is 4.79 Å². The first-order valence-electron chi connectivity index (χ1n) is 5.93. The van der Waals surface area contributed by atoms with Crippen LogP contribution in [0.25, 0.3) is 0 Å². The number of carbonyl (C=O) groups is 1. The molecule has 0 aromatic carbocycles. The topological polar surface area (TPSA) is 73.7 Å². The first-order chi connectivity index (χ1) is 7.72. The minimum Gasteiger partial charge on any atom is -0.479 e. The van der Waals surface area contributed by atoms with Gasteiger partial charge in [0, 0.05) is 12.3 Å². The van der Waals surface area contributed by atoms with Gasteiger partial charge in [-0.2, -0.15) is 5.10 Å². The van der Waals surface area contributed by atoms with Crippen LogP contribution in [0, 0.1) is 11.8 Å². The SMILES string of the molecule is CN[C@@H](C)[C@@H](C)C(C)/C=N\NC(C)(C)C(=O)O. The van der Waals surface area contributed by atoms with Gasteiger partial charge >= 0.3 is 5.97 Å². The number of nitrogens with one attached hydrogen (secondary N) is 2. The summed E-state index contributed by atoms with van der Waals surface area (Å²) in [6, 6.07) is 0.393. The molecule has 0 rings (SSSR count). The predicted molar refractivity (Wildman–Crippen MR) is 70.2 cm³/mol. The third-order valence-electron chi connectivity index (χ3n) is 3.26. The van der Waals surface area contributed by atoms with Crippen LogP contribution in [-0.4, -0.2) is 35.9 Å². The monoisotopic (exact) mass is 243 g/mol. The van der Waals surface area contributed by atoms with E-state index in [0.717, 1.165) is 0 Å². The molecule has 0 aliphatic heterocycles. The fourth-order valence-electron chi connectivity index (χ4n) is 1.22. The van der Waals surface area contributed by atoms with Crippen molar-refractivity contribution in [3.8, 4) is 0 Å². The molecule has 0 saturated carbocycles.